The third-order valence-electron chi connectivity index (χ3n) is 10.2. The number of carbonyl (C=O) groups excluding carboxylic acids is 1. The highest BCUT2D eigenvalue weighted by Gasteiger charge is 2.23. The van der Waals surface area contributed by atoms with Crippen LogP contribution in [0.3, 0.4) is 0 Å². The number of carbonyl (C=O) groups is 1. The highest BCUT2D eigenvalue weighted by atomic mass is 19.1. The van der Waals surface area contributed by atoms with Crippen molar-refractivity contribution in [1.82, 2.24) is 10.2 Å². The van der Waals surface area contributed by atoms with Gasteiger partial charge < -0.3 is 25.0 Å². The van der Waals surface area contributed by atoms with E-state index >= 15 is 0 Å². The molecule has 0 atom stereocenters. The molecular formula is C42H48F2N4O3. The lowest BCUT2D eigenvalue weighted by Crippen LogP contribution is -2.44. The first-order valence-corrected chi connectivity index (χ1v) is 17.8. The molecule has 3 N–H and O–H groups in total. The van der Waals surface area contributed by atoms with Crippen LogP contribution in [0.25, 0.3) is 11.1 Å². The molecule has 0 aliphatic carbocycles. The van der Waals surface area contributed by atoms with E-state index in [1.54, 1.807) is 13.8 Å². The quantitative estimate of drug-likeness (QED) is 0.127. The zero-order valence-electron chi connectivity index (χ0n) is 30.0. The third kappa shape index (κ3) is 8.90. The second-order valence-corrected chi connectivity index (χ2v) is 14.6. The molecular weight excluding hydrogens is 646 g/mol. The summed E-state index contributed by atoms with van der Waals surface area (Å²) in [5, 5.41) is 22.5. The maximum atomic E-state index is 14.3. The summed E-state index contributed by atoms with van der Waals surface area (Å²) in [5.41, 5.74) is 6.55. The molecule has 0 aromatic heterocycles. The predicted molar refractivity (Wildman–Crippen MR) is 199 cm³/mol. The van der Waals surface area contributed by atoms with Crippen LogP contribution in [0.1, 0.15) is 70.4 Å². The molecule has 0 unspecified atom stereocenters. The lowest BCUT2D eigenvalue weighted by molar-refractivity contribution is 0.0664. The molecule has 4 aromatic rings. The van der Waals surface area contributed by atoms with Gasteiger partial charge in [0.05, 0.1) is 5.60 Å². The smallest absolute Gasteiger partial charge is 0.257 e. The summed E-state index contributed by atoms with van der Waals surface area (Å²) in [4.78, 5) is 18.7. The lowest BCUT2D eigenvalue weighted by atomic mass is 9.88. The number of aryl methyl sites for hydroxylation is 1. The van der Waals surface area contributed by atoms with E-state index in [2.05, 4.69) is 28.2 Å². The molecule has 2 aliphatic rings. The van der Waals surface area contributed by atoms with Crippen molar-refractivity contribution < 1.29 is 23.4 Å². The van der Waals surface area contributed by atoms with Crippen molar-refractivity contribution in [3.05, 3.63) is 123 Å². The molecule has 0 saturated carbocycles. The number of anilines is 1. The van der Waals surface area contributed by atoms with Crippen LogP contribution >= 0.6 is 0 Å². The highest BCUT2D eigenvalue weighted by molar-refractivity contribution is 6.12. The fourth-order valence-electron chi connectivity index (χ4n) is 7.17. The van der Waals surface area contributed by atoms with Gasteiger partial charge in [-0.05, 0) is 135 Å². The van der Waals surface area contributed by atoms with Gasteiger partial charge in [0, 0.05) is 62.3 Å². The summed E-state index contributed by atoms with van der Waals surface area (Å²) in [7, 11) is 2.13. The Balaban J connectivity index is 1.31. The van der Waals surface area contributed by atoms with Gasteiger partial charge in [0.1, 0.15) is 17.5 Å². The Labute approximate surface area is 299 Å². The summed E-state index contributed by atoms with van der Waals surface area (Å²) in [5.74, 6) is -1.30. The van der Waals surface area contributed by atoms with E-state index in [9.17, 15) is 18.7 Å². The number of aliphatic hydroxyl groups is 1. The Morgan fingerprint density at radius 2 is 1.57 bits per heavy atom. The van der Waals surface area contributed by atoms with Crippen molar-refractivity contribution in [2.45, 2.75) is 52.1 Å². The van der Waals surface area contributed by atoms with Crippen molar-refractivity contribution in [2.75, 3.05) is 51.3 Å². The summed E-state index contributed by atoms with van der Waals surface area (Å²) in [6.45, 7) is 10.6. The first-order valence-electron chi connectivity index (χ1n) is 17.8. The van der Waals surface area contributed by atoms with Crippen LogP contribution in [0.2, 0.25) is 0 Å². The van der Waals surface area contributed by atoms with Gasteiger partial charge in [0.2, 0.25) is 0 Å². The number of piperazine rings is 1. The molecule has 0 spiro atoms. The van der Waals surface area contributed by atoms with Crippen LogP contribution in [0.15, 0.2) is 72.8 Å². The third-order valence-corrected chi connectivity index (χ3v) is 10.2. The van der Waals surface area contributed by atoms with Crippen LogP contribution in [0.4, 0.5) is 14.5 Å². The second kappa shape index (κ2) is 15.4. The molecule has 6 rings (SSSR count). The molecule has 9 heteroatoms. The standard InChI is InChI=1S/C42H48F2N4O3/c1-27-19-39(30-5-7-33(8-6-30)42(2,3)50)32(21-29-22-34(43)26-35(44)23-29)25-38(27)40(45)46-41(49)37-10-9-36(48-15-13-47(4)14-16-48)24-31(37)20-28-11-17-51-18-12-28/h5-10,19,22-26,28,50H,11-18,20-21H2,1-4H3,(H2,45,46,49). The average molecular weight is 695 g/mol. The lowest BCUT2D eigenvalue weighted by Gasteiger charge is -2.34. The molecule has 4 aromatic carbocycles. The number of hydrogen-bond donors (Lipinski definition) is 3. The van der Waals surface area contributed by atoms with E-state index in [1.807, 2.05) is 55.5 Å². The average Bonchev–Trinajstić information content (AvgIpc) is 3.09. The molecule has 1 amide bonds. The van der Waals surface area contributed by atoms with Crippen molar-refractivity contribution in [3.63, 3.8) is 0 Å². The molecule has 0 radical (unpaired) electrons. The number of benzene rings is 4. The molecule has 2 saturated heterocycles. The molecule has 2 heterocycles. The first kappa shape index (κ1) is 36.4. The van der Waals surface area contributed by atoms with Gasteiger partial charge in [0.15, 0.2) is 0 Å². The fraction of sp³-hybridized carbons (Fsp3) is 0.381. The number of amides is 1. The van der Waals surface area contributed by atoms with Crippen LogP contribution in [-0.4, -0.2) is 68.2 Å². The van der Waals surface area contributed by atoms with Gasteiger partial charge in [-0.2, -0.15) is 0 Å². The normalized spacial score (nSPS) is 15.9. The Morgan fingerprint density at radius 3 is 2.22 bits per heavy atom. The van der Waals surface area contributed by atoms with Gasteiger partial charge in [0.25, 0.3) is 5.91 Å². The summed E-state index contributed by atoms with van der Waals surface area (Å²) in [6.07, 6.45) is 2.85. The van der Waals surface area contributed by atoms with Crippen LogP contribution in [0, 0.1) is 29.9 Å². The number of amidine groups is 1. The van der Waals surface area contributed by atoms with E-state index < -0.39 is 17.2 Å². The molecule has 0 bridgehead atoms. The van der Waals surface area contributed by atoms with Crippen molar-refractivity contribution in [2.24, 2.45) is 5.92 Å². The Bertz CT molecular complexity index is 1870. The van der Waals surface area contributed by atoms with Crippen LogP contribution in [-0.2, 0) is 23.2 Å². The maximum absolute atomic E-state index is 14.3. The Morgan fingerprint density at radius 1 is 0.902 bits per heavy atom. The SMILES string of the molecule is Cc1cc(-c2ccc(C(C)(C)O)cc2)c(Cc2cc(F)cc(F)c2)cc1C(=N)NC(=O)c1ccc(N2CCN(C)CC2)cc1CC1CCOCC1. The topological polar surface area (TPSA) is 88.9 Å². The second-order valence-electron chi connectivity index (χ2n) is 14.6. The largest absolute Gasteiger partial charge is 0.386 e. The van der Waals surface area contributed by atoms with Gasteiger partial charge >= 0.3 is 0 Å². The molecule has 2 fully saturated rings. The number of ether oxygens (including phenoxy) is 1. The molecule has 7 nitrogen and oxygen atoms in total. The number of likely N-dealkylation sites (N-methyl/N-ethyl adjacent to an activating group) is 1. The van der Waals surface area contributed by atoms with Gasteiger partial charge in [-0.3, -0.25) is 10.2 Å². The van der Waals surface area contributed by atoms with Gasteiger partial charge in [-0.15, -0.1) is 0 Å². The monoisotopic (exact) mass is 694 g/mol. The van der Waals surface area contributed by atoms with Gasteiger partial charge in [-0.1, -0.05) is 30.3 Å². The molecule has 51 heavy (non-hydrogen) atoms. The number of nitrogens with one attached hydrogen (secondary N) is 2. The van der Waals surface area contributed by atoms with E-state index in [4.69, 9.17) is 10.1 Å². The van der Waals surface area contributed by atoms with E-state index in [0.29, 0.717) is 22.6 Å². The van der Waals surface area contributed by atoms with Crippen LogP contribution in [0.5, 0.6) is 0 Å². The maximum Gasteiger partial charge on any atom is 0.257 e. The Kier molecular flexibility index (Phi) is 11.0. The summed E-state index contributed by atoms with van der Waals surface area (Å²) >= 11 is 0. The van der Waals surface area contributed by atoms with Crippen LogP contribution < -0.4 is 10.2 Å². The number of rotatable bonds is 9. The predicted octanol–water partition coefficient (Wildman–Crippen LogP) is 7.23. The zero-order valence-corrected chi connectivity index (χ0v) is 30.0. The van der Waals surface area contributed by atoms with Crippen molar-refractivity contribution >= 4 is 17.4 Å². The van der Waals surface area contributed by atoms with E-state index in [1.165, 1.54) is 12.1 Å². The summed E-state index contributed by atoms with van der Waals surface area (Å²) in [6, 6.07) is 20.8. The van der Waals surface area contributed by atoms with E-state index in [-0.39, 0.29) is 18.2 Å². The van der Waals surface area contributed by atoms with E-state index in [0.717, 1.165) is 104 Å². The highest BCUT2D eigenvalue weighted by Crippen LogP contribution is 2.32. The number of nitrogens with zero attached hydrogens (tertiary/aromatic N) is 2. The fourth-order valence-corrected chi connectivity index (χ4v) is 7.17. The first-order chi connectivity index (χ1) is 24.3. The minimum absolute atomic E-state index is 0.0479. The zero-order chi connectivity index (χ0) is 36.3. The van der Waals surface area contributed by atoms with Crippen molar-refractivity contribution in [1.29, 1.82) is 5.41 Å². The number of hydrogen-bond acceptors (Lipinski definition) is 6. The minimum atomic E-state index is -1.01. The molecule has 268 valence electrons. The number of halogens is 2. The molecule has 2 aliphatic heterocycles. The minimum Gasteiger partial charge on any atom is -0.386 e. The van der Waals surface area contributed by atoms with Crippen molar-refractivity contribution in [3.8, 4) is 11.1 Å². The Hall–Kier alpha value is -4.44. The van der Waals surface area contributed by atoms with Gasteiger partial charge in [-0.25, -0.2) is 8.78 Å². The summed E-state index contributed by atoms with van der Waals surface area (Å²) < 4.78 is 34.1.